The van der Waals surface area contributed by atoms with Gasteiger partial charge in [0.05, 0.1) is 0 Å². The van der Waals surface area contributed by atoms with E-state index in [1.54, 1.807) is 6.07 Å². The van der Waals surface area contributed by atoms with Crippen molar-refractivity contribution in [2.75, 3.05) is 0 Å². The Hall–Kier alpha value is -1.13. The first-order valence-electron chi connectivity index (χ1n) is 7.50. The van der Waals surface area contributed by atoms with Crippen LogP contribution in [-0.2, 0) is 11.8 Å². The lowest BCUT2D eigenvalue weighted by atomic mass is 9.78. The number of hydrogen-bond acceptors (Lipinski definition) is 3. The third-order valence-corrected chi connectivity index (χ3v) is 6.76. The van der Waals surface area contributed by atoms with Crippen LogP contribution in [0.2, 0.25) is 0 Å². The number of aryl methyl sites for hydroxylation is 1. The molecule has 0 saturated heterocycles. The maximum absolute atomic E-state index is 11.2. The minimum Gasteiger partial charge on any atom is -0.477 e. The fourth-order valence-electron chi connectivity index (χ4n) is 2.85. The summed E-state index contributed by atoms with van der Waals surface area (Å²) in [5.41, 5.74) is -0.0226. The van der Waals surface area contributed by atoms with Gasteiger partial charge in [-0.25, -0.2) is 4.79 Å². The Bertz CT molecular complexity index is 612. The summed E-state index contributed by atoms with van der Waals surface area (Å²) < 4.78 is 0. The standard InChI is InChI=1S/C17H22O2S2/c1-4-11-17(6-3,14-9-7-12(5-2)20-14)15-10-8-13(21-15)16(18)19/h7-10H,4-6,11H2,1-3H3,(H,18,19). The van der Waals surface area contributed by atoms with Crippen LogP contribution < -0.4 is 0 Å². The summed E-state index contributed by atoms with van der Waals surface area (Å²) in [6, 6.07) is 8.21. The van der Waals surface area contributed by atoms with E-state index < -0.39 is 5.97 Å². The van der Waals surface area contributed by atoms with Gasteiger partial charge < -0.3 is 5.11 Å². The molecule has 4 heteroatoms. The Labute approximate surface area is 134 Å². The van der Waals surface area contributed by atoms with Crippen molar-refractivity contribution in [1.29, 1.82) is 0 Å². The van der Waals surface area contributed by atoms with Crippen LogP contribution in [0, 0.1) is 0 Å². The molecular weight excluding hydrogens is 300 g/mol. The molecule has 0 aliphatic carbocycles. The Morgan fingerprint density at radius 1 is 1.10 bits per heavy atom. The molecule has 0 aromatic carbocycles. The summed E-state index contributed by atoms with van der Waals surface area (Å²) in [5, 5.41) is 9.19. The van der Waals surface area contributed by atoms with E-state index in [0.29, 0.717) is 4.88 Å². The van der Waals surface area contributed by atoms with Crippen molar-refractivity contribution in [2.45, 2.75) is 51.9 Å². The van der Waals surface area contributed by atoms with Crippen LogP contribution in [0.4, 0.5) is 0 Å². The quantitative estimate of drug-likeness (QED) is 0.724. The molecule has 0 radical (unpaired) electrons. The van der Waals surface area contributed by atoms with E-state index in [4.69, 9.17) is 0 Å². The highest BCUT2D eigenvalue weighted by molar-refractivity contribution is 7.15. The monoisotopic (exact) mass is 322 g/mol. The van der Waals surface area contributed by atoms with Crippen molar-refractivity contribution in [1.82, 2.24) is 0 Å². The molecule has 1 unspecified atom stereocenters. The molecule has 2 heterocycles. The van der Waals surface area contributed by atoms with Crippen molar-refractivity contribution < 1.29 is 9.90 Å². The number of rotatable bonds is 7. The first-order chi connectivity index (χ1) is 10.1. The second-order valence-electron chi connectivity index (χ2n) is 5.27. The van der Waals surface area contributed by atoms with Crippen molar-refractivity contribution in [2.24, 2.45) is 0 Å². The minimum atomic E-state index is -0.826. The van der Waals surface area contributed by atoms with Crippen molar-refractivity contribution in [3.8, 4) is 0 Å². The number of carboxylic acid groups (broad SMARTS) is 1. The van der Waals surface area contributed by atoms with E-state index in [0.717, 1.165) is 25.7 Å². The molecule has 0 aliphatic rings. The molecule has 2 aromatic heterocycles. The van der Waals surface area contributed by atoms with Gasteiger partial charge in [0.25, 0.3) is 0 Å². The molecule has 21 heavy (non-hydrogen) atoms. The first-order valence-corrected chi connectivity index (χ1v) is 9.13. The van der Waals surface area contributed by atoms with E-state index in [-0.39, 0.29) is 5.41 Å². The van der Waals surface area contributed by atoms with Crippen LogP contribution in [-0.4, -0.2) is 11.1 Å². The molecule has 1 N–H and O–H groups in total. The zero-order valence-electron chi connectivity index (χ0n) is 12.8. The zero-order chi connectivity index (χ0) is 15.5. The average molecular weight is 322 g/mol. The maximum atomic E-state index is 11.2. The van der Waals surface area contributed by atoms with Gasteiger partial charge in [-0.05, 0) is 43.5 Å². The van der Waals surface area contributed by atoms with Gasteiger partial charge in [0, 0.05) is 20.0 Å². The molecule has 0 spiro atoms. The minimum absolute atomic E-state index is 0.0226. The number of aromatic carboxylic acids is 1. The van der Waals surface area contributed by atoms with Gasteiger partial charge in [-0.3, -0.25) is 0 Å². The third kappa shape index (κ3) is 3.06. The smallest absolute Gasteiger partial charge is 0.345 e. The summed E-state index contributed by atoms with van der Waals surface area (Å²) in [5.74, 6) is -0.826. The molecule has 0 fully saturated rings. The Balaban J connectivity index is 2.51. The lowest BCUT2D eigenvalue weighted by Gasteiger charge is -2.31. The summed E-state index contributed by atoms with van der Waals surface area (Å²) >= 11 is 3.31. The zero-order valence-corrected chi connectivity index (χ0v) is 14.4. The largest absolute Gasteiger partial charge is 0.477 e. The van der Waals surface area contributed by atoms with Crippen LogP contribution in [0.5, 0.6) is 0 Å². The van der Waals surface area contributed by atoms with Crippen molar-refractivity contribution >= 4 is 28.6 Å². The van der Waals surface area contributed by atoms with Gasteiger partial charge >= 0.3 is 5.97 Å². The van der Waals surface area contributed by atoms with Gasteiger partial charge in [-0.2, -0.15) is 0 Å². The van der Waals surface area contributed by atoms with E-state index in [9.17, 15) is 9.90 Å². The highest BCUT2D eigenvalue weighted by Crippen LogP contribution is 2.45. The Kier molecular flexibility index (Phi) is 5.22. The fourth-order valence-corrected chi connectivity index (χ4v) is 5.32. The number of carbonyl (C=O) groups is 1. The van der Waals surface area contributed by atoms with Crippen LogP contribution in [0.25, 0.3) is 0 Å². The molecule has 2 aromatic rings. The SMILES string of the molecule is CCCC(CC)(c1ccc(CC)s1)c1ccc(C(=O)O)s1. The average Bonchev–Trinajstić information content (AvgIpc) is 3.14. The summed E-state index contributed by atoms with van der Waals surface area (Å²) in [6.45, 7) is 6.59. The predicted molar refractivity (Wildman–Crippen MR) is 91.0 cm³/mol. The van der Waals surface area contributed by atoms with E-state index >= 15 is 0 Å². The van der Waals surface area contributed by atoms with Gasteiger partial charge in [-0.15, -0.1) is 22.7 Å². The summed E-state index contributed by atoms with van der Waals surface area (Å²) in [6.07, 6.45) is 4.21. The van der Waals surface area contributed by atoms with Crippen molar-refractivity contribution in [3.05, 3.63) is 43.8 Å². The molecule has 1 atom stereocenters. The maximum Gasteiger partial charge on any atom is 0.345 e. The molecule has 114 valence electrons. The lowest BCUT2D eigenvalue weighted by Crippen LogP contribution is -2.24. The molecule has 0 saturated carbocycles. The molecule has 0 bridgehead atoms. The fraction of sp³-hybridized carbons (Fsp3) is 0.471. The Morgan fingerprint density at radius 3 is 2.24 bits per heavy atom. The van der Waals surface area contributed by atoms with Gasteiger partial charge in [0.2, 0.25) is 0 Å². The van der Waals surface area contributed by atoms with E-state index in [1.807, 2.05) is 17.4 Å². The van der Waals surface area contributed by atoms with Crippen LogP contribution >= 0.6 is 22.7 Å². The molecule has 0 amide bonds. The van der Waals surface area contributed by atoms with Gasteiger partial charge in [0.1, 0.15) is 4.88 Å². The van der Waals surface area contributed by atoms with Crippen LogP contribution in [0.15, 0.2) is 24.3 Å². The molecular formula is C17H22O2S2. The second-order valence-corrected chi connectivity index (χ2v) is 7.53. The highest BCUT2D eigenvalue weighted by Gasteiger charge is 2.35. The summed E-state index contributed by atoms with van der Waals surface area (Å²) in [4.78, 5) is 15.6. The van der Waals surface area contributed by atoms with Gasteiger partial charge in [-0.1, -0.05) is 27.2 Å². The van der Waals surface area contributed by atoms with E-state index in [1.165, 1.54) is 26.0 Å². The lowest BCUT2D eigenvalue weighted by molar-refractivity contribution is 0.0702. The summed E-state index contributed by atoms with van der Waals surface area (Å²) in [7, 11) is 0. The molecule has 2 rings (SSSR count). The van der Waals surface area contributed by atoms with E-state index in [2.05, 4.69) is 32.9 Å². The van der Waals surface area contributed by atoms with Gasteiger partial charge in [0.15, 0.2) is 0 Å². The van der Waals surface area contributed by atoms with Crippen LogP contribution in [0.1, 0.15) is 64.3 Å². The van der Waals surface area contributed by atoms with Crippen molar-refractivity contribution in [3.63, 3.8) is 0 Å². The van der Waals surface area contributed by atoms with Crippen LogP contribution in [0.3, 0.4) is 0 Å². The Morgan fingerprint density at radius 2 is 1.76 bits per heavy atom. The third-order valence-electron chi connectivity index (χ3n) is 4.05. The predicted octanol–water partition coefficient (Wildman–Crippen LogP) is 5.57. The topological polar surface area (TPSA) is 37.3 Å². The molecule has 2 nitrogen and oxygen atoms in total. The first kappa shape index (κ1) is 16.2. The number of hydrogen-bond donors (Lipinski definition) is 1. The normalized spacial score (nSPS) is 14.0. The highest BCUT2D eigenvalue weighted by atomic mass is 32.1. The second kappa shape index (κ2) is 6.75. The number of carboxylic acids is 1. The number of thiophene rings is 2. The molecule has 0 aliphatic heterocycles.